The van der Waals surface area contributed by atoms with E-state index in [0.29, 0.717) is 50.4 Å². The van der Waals surface area contributed by atoms with Crippen LogP contribution in [0.5, 0.6) is 0 Å². The predicted molar refractivity (Wildman–Crippen MR) is 115 cm³/mol. The molecular weight excluding hydrogens is 420 g/mol. The van der Waals surface area contributed by atoms with Gasteiger partial charge < -0.3 is 14.5 Å². The number of nitrogens with zero attached hydrogens (tertiary/aromatic N) is 4. The molecule has 0 saturated carbocycles. The lowest BCUT2D eigenvalue weighted by Gasteiger charge is -2.34. The summed E-state index contributed by atoms with van der Waals surface area (Å²) in [5.74, 6) is 0.0515. The first-order valence-electron chi connectivity index (χ1n) is 10.5. The highest BCUT2D eigenvalue weighted by molar-refractivity contribution is 6.67. The zero-order chi connectivity index (χ0) is 22.8. The number of likely N-dealkylation sites (tertiary alicyclic amines) is 1. The number of piperidine rings is 1. The monoisotopic (exact) mass is 446 g/mol. The quantitative estimate of drug-likeness (QED) is 0.505. The summed E-state index contributed by atoms with van der Waals surface area (Å²) in [6.45, 7) is 7.37. The van der Waals surface area contributed by atoms with Crippen LogP contribution in [0.4, 0.5) is 5.82 Å². The number of amides is 1. The van der Waals surface area contributed by atoms with Crippen LogP contribution in [0.3, 0.4) is 0 Å². The molecule has 0 radical (unpaired) electrons. The Morgan fingerprint density at radius 3 is 2.48 bits per heavy atom. The molecule has 0 bridgehead atoms. The van der Waals surface area contributed by atoms with Gasteiger partial charge >= 0.3 is 5.97 Å². The molecule has 166 valence electrons. The van der Waals surface area contributed by atoms with Crippen LogP contribution in [0.15, 0.2) is 6.07 Å². The summed E-state index contributed by atoms with van der Waals surface area (Å²) in [7, 11) is 0. The van der Waals surface area contributed by atoms with Crippen LogP contribution in [0.2, 0.25) is 0 Å². The molecule has 9 heteroatoms. The Bertz CT molecular complexity index is 927. The third kappa shape index (κ3) is 5.53. The molecule has 0 unspecified atom stereocenters. The Kier molecular flexibility index (Phi) is 6.85. The average Bonchev–Trinajstić information content (AvgIpc) is 3.10. The van der Waals surface area contributed by atoms with E-state index in [2.05, 4.69) is 11.1 Å². The van der Waals surface area contributed by atoms with E-state index in [-0.39, 0.29) is 35.5 Å². The van der Waals surface area contributed by atoms with Crippen molar-refractivity contribution in [2.24, 2.45) is 5.92 Å². The van der Waals surface area contributed by atoms with Crippen LogP contribution in [-0.2, 0) is 20.9 Å². The fourth-order valence-electron chi connectivity index (χ4n) is 3.92. The summed E-state index contributed by atoms with van der Waals surface area (Å²) in [5.41, 5.74) is 0.246. The molecule has 0 atom stereocenters. The lowest BCUT2D eigenvalue weighted by atomic mass is 9.96. The van der Waals surface area contributed by atoms with Gasteiger partial charge in [0.05, 0.1) is 29.3 Å². The fourth-order valence-corrected chi connectivity index (χ4v) is 4.08. The van der Waals surface area contributed by atoms with Crippen molar-refractivity contribution >= 4 is 34.5 Å². The summed E-state index contributed by atoms with van der Waals surface area (Å²) in [5, 5.41) is 8.92. The molecule has 2 saturated heterocycles. The van der Waals surface area contributed by atoms with Crippen molar-refractivity contribution in [2.75, 3.05) is 24.5 Å². The molecule has 1 aromatic rings. The van der Waals surface area contributed by atoms with E-state index in [9.17, 15) is 19.6 Å². The van der Waals surface area contributed by atoms with Crippen LogP contribution in [0.25, 0.3) is 0 Å². The molecule has 1 aromatic heterocycles. The topological polar surface area (TPSA) is 104 Å². The molecule has 31 heavy (non-hydrogen) atoms. The van der Waals surface area contributed by atoms with Gasteiger partial charge in [-0.05, 0) is 57.7 Å². The first-order valence-corrected chi connectivity index (χ1v) is 10.9. The number of aromatic nitrogens is 1. The highest BCUT2D eigenvalue weighted by atomic mass is 35.5. The van der Waals surface area contributed by atoms with Gasteiger partial charge in [-0.15, -0.1) is 0 Å². The standard InChI is InChI=1S/C22H27ClN4O4/c1-22(2,3)31-21(30)14-6-9-26(10-7-14)20-15(12-24)11-16(19(23)29)17(25-20)13-27-8-4-5-18(27)28/h11,14H,4-10,13H2,1-3H3. The van der Waals surface area contributed by atoms with Gasteiger partial charge in [0, 0.05) is 26.1 Å². The molecule has 2 aliphatic rings. The van der Waals surface area contributed by atoms with Crippen molar-refractivity contribution in [1.82, 2.24) is 9.88 Å². The third-order valence-electron chi connectivity index (χ3n) is 5.46. The number of esters is 1. The SMILES string of the molecule is CC(C)(C)OC(=O)C1CCN(c2nc(CN3CCCC3=O)c(C(=O)Cl)cc2C#N)CC1. The Morgan fingerprint density at radius 2 is 1.97 bits per heavy atom. The minimum Gasteiger partial charge on any atom is -0.460 e. The second kappa shape index (κ2) is 9.23. The van der Waals surface area contributed by atoms with E-state index in [1.807, 2.05) is 25.7 Å². The minimum atomic E-state index is -0.708. The van der Waals surface area contributed by atoms with E-state index >= 15 is 0 Å². The maximum Gasteiger partial charge on any atom is 0.309 e. The summed E-state index contributed by atoms with van der Waals surface area (Å²) >= 11 is 5.75. The van der Waals surface area contributed by atoms with Crippen LogP contribution in [0, 0.1) is 17.2 Å². The molecular formula is C22H27ClN4O4. The Morgan fingerprint density at radius 1 is 1.29 bits per heavy atom. The second-order valence-corrected chi connectivity index (χ2v) is 9.30. The molecule has 2 fully saturated rings. The predicted octanol–water partition coefficient (Wildman–Crippen LogP) is 3.01. The van der Waals surface area contributed by atoms with Crippen molar-refractivity contribution in [3.8, 4) is 6.07 Å². The van der Waals surface area contributed by atoms with Crippen LogP contribution >= 0.6 is 11.6 Å². The molecule has 8 nitrogen and oxygen atoms in total. The summed E-state index contributed by atoms with van der Waals surface area (Å²) in [6.07, 6.45) is 2.41. The van der Waals surface area contributed by atoms with Crippen molar-refractivity contribution in [3.63, 3.8) is 0 Å². The normalized spacial score (nSPS) is 17.6. The number of hydrogen-bond acceptors (Lipinski definition) is 7. The summed E-state index contributed by atoms with van der Waals surface area (Å²) in [4.78, 5) is 44.6. The molecule has 3 rings (SSSR count). The van der Waals surface area contributed by atoms with E-state index in [4.69, 9.17) is 16.3 Å². The highest BCUT2D eigenvalue weighted by Crippen LogP contribution is 2.29. The molecule has 0 spiro atoms. The number of ether oxygens (including phenoxy) is 1. The lowest BCUT2D eigenvalue weighted by molar-refractivity contribution is -0.160. The first-order chi connectivity index (χ1) is 14.6. The van der Waals surface area contributed by atoms with Crippen LogP contribution in [-0.4, -0.2) is 52.2 Å². The first kappa shape index (κ1) is 23.0. The fraction of sp³-hybridized carbons (Fsp3) is 0.591. The summed E-state index contributed by atoms with van der Waals surface area (Å²) in [6, 6.07) is 3.55. The maximum absolute atomic E-state index is 12.4. The van der Waals surface area contributed by atoms with Gasteiger partial charge in [-0.2, -0.15) is 5.26 Å². The Labute approximate surface area is 187 Å². The van der Waals surface area contributed by atoms with Crippen molar-refractivity contribution in [2.45, 2.75) is 58.6 Å². The molecule has 0 N–H and O–H groups in total. The van der Waals surface area contributed by atoms with Gasteiger partial charge in [0.15, 0.2) is 0 Å². The third-order valence-corrected chi connectivity index (χ3v) is 5.66. The average molecular weight is 447 g/mol. The smallest absolute Gasteiger partial charge is 0.309 e. The Balaban J connectivity index is 1.81. The second-order valence-electron chi connectivity index (χ2n) is 8.95. The number of rotatable bonds is 5. The number of anilines is 1. The number of hydrogen-bond donors (Lipinski definition) is 0. The number of carbonyl (C=O) groups excluding carboxylic acids is 3. The van der Waals surface area contributed by atoms with Crippen molar-refractivity contribution in [1.29, 1.82) is 5.26 Å². The van der Waals surface area contributed by atoms with E-state index < -0.39 is 10.8 Å². The van der Waals surface area contributed by atoms with Gasteiger partial charge in [0.1, 0.15) is 17.5 Å². The molecule has 0 aliphatic carbocycles. The van der Waals surface area contributed by atoms with Crippen molar-refractivity contribution < 1.29 is 19.1 Å². The largest absolute Gasteiger partial charge is 0.460 e. The number of halogens is 1. The van der Waals surface area contributed by atoms with Gasteiger partial charge in [-0.3, -0.25) is 14.4 Å². The van der Waals surface area contributed by atoms with Crippen LogP contribution in [0.1, 0.15) is 68.1 Å². The van der Waals surface area contributed by atoms with E-state index in [1.54, 1.807) is 4.90 Å². The lowest BCUT2D eigenvalue weighted by Crippen LogP contribution is -2.39. The van der Waals surface area contributed by atoms with E-state index in [1.165, 1.54) is 6.07 Å². The number of pyridine rings is 1. The Hall–Kier alpha value is -2.66. The molecule has 0 aromatic carbocycles. The molecule has 3 heterocycles. The van der Waals surface area contributed by atoms with Crippen LogP contribution < -0.4 is 4.90 Å². The number of carbonyl (C=O) groups is 3. The van der Waals surface area contributed by atoms with Gasteiger partial charge in [-0.25, -0.2) is 4.98 Å². The minimum absolute atomic E-state index is 0.0128. The molecule has 1 amide bonds. The number of nitriles is 1. The van der Waals surface area contributed by atoms with Crippen molar-refractivity contribution in [3.05, 3.63) is 22.9 Å². The highest BCUT2D eigenvalue weighted by Gasteiger charge is 2.31. The van der Waals surface area contributed by atoms with Gasteiger partial charge in [-0.1, -0.05) is 0 Å². The summed E-state index contributed by atoms with van der Waals surface area (Å²) < 4.78 is 5.49. The molecule has 2 aliphatic heterocycles. The maximum atomic E-state index is 12.4. The van der Waals surface area contributed by atoms with Gasteiger partial charge in [0.25, 0.3) is 5.24 Å². The van der Waals surface area contributed by atoms with E-state index in [0.717, 1.165) is 6.42 Å². The zero-order valence-electron chi connectivity index (χ0n) is 18.1. The van der Waals surface area contributed by atoms with Gasteiger partial charge in [0.2, 0.25) is 5.91 Å². The zero-order valence-corrected chi connectivity index (χ0v) is 18.9.